The van der Waals surface area contributed by atoms with Crippen LogP contribution in [0.4, 0.5) is 0 Å². The molecule has 2 aromatic carbocycles. The van der Waals surface area contributed by atoms with Crippen molar-refractivity contribution in [2.45, 2.75) is 25.7 Å². The van der Waals surface area contributed by atoms with E-state index in [0.717, 1.165) is 20.9 Å². The van der Waals surface area contributed by atoms with Gasteiger partial charge in [-0.1, -0.05) is 36.0 Å². The van der Waals surface area contributed by atoms with Crippen molar-refractivity contribution in [3.63, 3.8) is 0 Å². The van der Waals surface area contributed by atoms with Crippen molar-refractivity contribution in [1.82, 2.24) is 0 Å². The molecule has 2 heteroatoms. The van der Waals surface area contributed by atoms with Crippen LogP contribution in [0.5, 0.6) is 0 Å². The molecule has 0 fully saturated rings. The van der Waals surface area contributed by atoms with Crippen molar-refractivity contribution in [3.8, 4) is 0 Å². The van der Waals surface area contributed by atoms with Gasteiger partial charge in [-0.15, -0.1) is 0 Å². The van der Waals surface area contributed by atoms with Crippen LogP contribution < -0.4 is 0 Å². The normalized spacial score (nSPS) is 15.8. The fraction of sp³-hybridized carbons (Fsp3) is 0.167. The number of Topliss-reactive ketones (excluding diaryl/α,β-unsaturated/α-hetero) is 1. The van der Waals surface area contributed by atoms with Crippen LogP contribution in [0.2, 0.25) is 0 Å². The maximum absolute atomic E-state index is 12.4. The Morgan fingerprint density at radius 2 is 1.65 bits per heavy atom. The lowest BCUT2D eigenvalue weighted by Crippen LogP contribution is -1.95. The van der Waals surface area contributed by atoms with Gasteiger partial charge in [0.25, 0.3) is 0 Å². The van der Waals surface area contributed by atoms with Crippen molar-refractivity contribution in [1.29, 1.82) is 0 Å². The molecule has 0 atom stereocenters. The third kappa shape index (κ3) is 2.20. The topological polar surface area (TPSA) is 17.1 Å². The number of rotatable bonds is 1. The Bertz CT molecular complexity index is 741. The van der Waals surface area contributed by atoms with Gasteiger partial charge in [0.1, 0.15) is 0 Å². The van der Waals surface area contributed by atoms with E-state index in [4.69, 9.17) is 0 Å². The van der Waals surface area contributed by atoms with Crippen LogP contribution in [0.15, 0.2) is 46.2 Å². The SMILES string of the molecule is Cc1cc(C)c(/C=C2/Sc3ccccc3C2=O)cc1C. The molecule has 0 radical (unpaired) electrons. The number of thioether (sulfide) groups is 1. The second-order valence-corrected chi connectivity index (χ2v) is 6.31. The molecule has 0 saturated heterocycles. The lowest BCUT2D eigenvalue weighted by atomic mass is 10.00. The molecule has 1 heterocycles. The Balaban J connectivity index is 2.04. The molecular weight excluding hydrogens is 264 g/mol. The molecule has 0 N–H and O–H groups in total. The van der Waals surface area contributed by atoms with E-state index in [2.05, 4.69) is 32.9 Å². The summed E-state index contributed by atoms with van der Waals surface area (Å²) >= 11 is 1.57. The number of carbonyl (C=O) groups excluding carboxylic acids is 1. The standard InChI is InChI=1S/C18H16OS/c1-11-8-13(3)14(9-12(11)2)10-17-18(19)15-6-4-5-7-16(15)20-17/h4-10H,1-3H3/b17-10+. The molecule has 20 heavy (non-hydrogen) atoms. The molecule has 100 valence electrons. The third-order valence-electron chi connectivity index (χ3n) is 3.74. The highest BCUT2D eigenvalue weighted by Gasteiger charge is 2.25. The molecule has 0 amide bonds. The third-order valence-corrected chi connectivity index (χ3v) is 4.84. The summed E-state index contributed by atoms with van der Waals surface area (Å²) in [5, 5.41) is 0. The zero-order chi connectivity index (χ0) is 14.3. The summed E-state index contributed by atoms with van der Waals surface area (Å²) in [7, 11) is 0. The predicted octanol–water partition coefficient (Wildman–Crippen LogP) is 4.94. The van der Waals surface area contributed by atoms with Gasteiger partial charge in [0.05, 0.1) is 4.91 Å². The highest BCUT2D eigenvalue weighted by molar-refractivity contribution is 8.04. The van der Waals surface area contributed by atoms with Gasteiger partial charge in [0.15, 0.2) is 0 Å². The van der Waals surface area contributed by atoms with Gasteiger partial charge in [-0.2, -0.15) is 0 Å². The monoisotopic (exact) mass is 280 g/mol. The summed E-state index contributed by atoms with van der Waals surface area (Å²) < 4.78 is 0. The average molecular weight is 280 g/mol. The highest BCUT2D eigenvalue weighted by atomic mass is 32.2. The Hall–Kier alpha value is -1.80. The van der Waals surface area contributed by atoms with Crippen LogP contribution in [0.3, 0.4) is 0 Å². The highest BCUT2D eigenvalue weighted by Crippen LogP contribution is 2.40. The summed E-state index contributed by atoms with van der Waals surface area (Å²) in [5.74, 6) is 0.142. The van der Waals surface area contributed by atoms with Crippen LogP contribution in [0.25, 0.3) is 6.08 Å². The Morgan fingerprint density at radius 1 is 0.950 bits per heavy atom. The molecule has 2 aromatic rings. The van der Waals surface area contributed by atoms with E-state index in [-0.39, 0.29) is 5.78 Å². The van der Waals surface area contributed by atoms with Crippen LogP contribution in [0.1, 0.15) is 32.6 Å². The summed E-state index contributed by atoms with van der Waals surface area (Å²) in [6.45, 7) is 6.32. The molecular formula is C18H16OS. The van der Waals surface area contributed by atoms with Crippen molar-refractivity contribution in [2.24, 2.45) is 0 Å². The van der Waals surface area contributed by atoms with E-state index < -0.39 is 0 Å². The van der Waals surface area contributed by atoms with Crippen molar-refractivity contribution >= 4 is 23.6 Å². The minimum Gasteiger partial charge on any atom is -0.288 e. The smallest absolute Gasteiger partial charge is 0.200 e. The van der Waals surface area contributed by atoms with Gasteiger partial charge in [-0.25, -0.2) is 0 Å². The average Bonchev–Trinajstić information content (AvgIpc) is 2.73. The minimum absolute atomic E-state index is 0.142. The maximum atomic E-state index is 12.4. The second-order valence-electron chi connectivity index (χ2n) is 5.23. The first-order chi connectivity index (χ1) is 9.56. The van der Waals surface area contributed by atoms with E-state index in [9.17, 15) is 4.79 Å². The first-order valence-electron chi connectivity index (χ1n) is 6.67. The van der Waals surface area contributed by atoms with Gasteiger partial charge in [0, 0.05) is 10.5 Å². The van der Waals surface area contributed by atoms with Crippen molar-refractivity contribution in [3.05, 3.63) is 69.1 Å². The maximum Gasteiger partial charge on any atom is 0.200 e. The van der Waals surface area contributed by atoms with Crippen LogP contribution in [-0.2, 0) is 0 Å². The number of aryl methyl sites for hydroxylation is 3. The van der Waals surface area contributed by atoms with Crippen LogP contribution in [0, 0.1) is 20.8 Å². The first-order valence-corrected chi connectivity index (χ1v) is 7.49. The summed E-state index contributed by atoms with van der Waals surface area (Å²) in [4.78, 5) is 14.3. The van der Waals surface area contributed by atoms with Crippen LogP contribution in [-0.4, -0.2) is 5.78 Å². The molecule has 0 unspecified atom stereocenters. The van der Waals surface area contributed by atoms with Crippen molar-refractivity contribution < 1.29 is 4.79 Å². The molecule has 0 saturated carbocycles. The zero-order valence-electron chi connectivity index (χ0n) is 11.9. The second kappa shape index (κ2) is 4.95. The zero-order valence-corrected chi connectivity index (χ0v) is 12.7. The number of carbonyl (C=O) groups is 1. The molecule has 0 aromatic heterocycles. The van der Waals surface area contributed by atoms with E-state index in [1.165, 1.54) is 16.7 Å². The van der Waals surface area contributed by atoms with Crippen LogP contribution >= 0.6 is 11.8 Å². The Kier molecular flexibility index (Phi) is 3.27. The lowest BCUT2D eigenvalue weighted by molar-refractivity contribution is 0.104. The van der Waals surface area contributed by atoms with Gasteiger partial charge in [-0.05, 0) is 61.2 Å². The predicted molar refractivity (Wildman–Crippen MR) is 85.3 cm³/mol. The minimum atomic E-state index is 0.142. The fourth-order valence-electron chi connectivity index (χ4n) is 2.42. The molecule has 0 bridgehead atoms. The number of hydrogen-bond acceptors (Lipinski definition) is 2. The van der Waals surface area contributed by atoms with E-state index in [1.807, 2.05) is 30.3 Å². The molecule has 1 aliphatic rings. The van der Waals surface area contributed by atoms with E-state index >= 15 is 0 Å². The number of benzene rings is 2. The first kappa shape index (κ1) is 13.2. The molecule has 0 aliphatic carbocycles. The quantitative estimate of drug-likeness (QED) is 0.688. The van der Waals surface area contributed by atoms with Gasteiger partial charge < -0.3 is 0 Å². The number of hydrogen-bond donors (Lipinski definition) is 0. The number of fused-ring (bicyclic) bond motifs is 1. The number of ketones is 1. The molecule has 1 nitrogen and oxygen atoms in total. The summed E-state index contributed by atoms with van der Waals surface area (Å²) in [5.41, 5.74) is 5.72. The Labute approximate surface area is 123 Å². The summed E-state index contributed by atoms with van der Waals surface area (Å²) in [6, 6.07) is 12.1. The van der Waals surface area contributed by atoms with Gasteiger partial charge in [0.2, 0.25) is 5.78 Å². The fourth-order valence-corrected chi connectivity index (χ4v) is 3.46. The van der Waals surface area contributed by atoms with Crippen molar-refractivity contribution in [2.75, 3.05) is 0 Å². The molecule has 0 spiro atoms. The van der Waals surface area contributed by atoms with Gasteiger partial charge >= 0.3 is 0 Å². The van der Waals surface area contributed by atoms with E-state index in [1.54, 1.807) is 11.8 Å². The van der Waals surface area contributed by atoms with E-state index in [0.29, 0.717) is 0 Å². The molecule has 3 rings (SSSR count). The summed E-state index contributed by atoms with van der Waals surface area (Å²) in [6.07, 6.45) is 2.02. The number of allylic oxidation sites excluding steroid dienone is 1. The largest absolute Gasteiger partial charge is 0.288 e. The van der Waals surface area contributed by atoms with Gasteiger partial charge in [-0.3, -0.25) is 4.79 Å². The Morgan fingerprint density at radius 3 is 2.40 bits per heavy atom. The molecule has 1 aliphatic heterocycles. The lowest BCUT2D eigenvalue weighted by Gasteiger charge is -2.06.